The molecular weight excluding hydrogens is 392 g/mol. The largest absolute Gasteiger partial charge is 0.420 e. The first kappa shape index (κ1) is 19.9. The van der Waals surface area contributed by atoms with E-state index in [0.29, 0.717) is 44.5 Å². The summed E-state index contributed by atoms with van der Waals surface area (Å²) in [6, 6.07) is 11.9. The zero-order chi connectivity index (χ0) is 21.3. The molecule has 2 saturated heterocycles. The van der Waals surface area contributed by atoms with E-state index >= 15 is 0 Å². The Hall–Kier alpha value is -3.06. The van der Waals surface area contributed by atoms with Crippen LogP contribution in [0.2, 0.25) is 0 Å². The van der Waals surface area contributed by atoms with Gasteiger partial charge in [-0.05, 0) is 37.5 Å². The minimum atomic E-state index is -0.0808. The van der Waals surface area contributed by atoms with E-state index in [4.69, 9.17) is 9.15 Å². The van der Waals surface area contributed by atoms with Gasteiger partial charge in [-0.3, -0.25) is 9.78 Å². The summed E-state index contributed by atoms with van der Waals surface area (Å²) < 4.78 is 11.8. The lowest BCUT2D eigenvalue weighted by atomic mass is 9.72. The van der Waals surface area contributed by atoms with Gasteiger partial charge in [-0.2, -0.15) is 0 Å². The van der Waals surface area contributed by atoms with E-state index in [2.05, 4.69) is 21.2 Å². The summed E-state index contributed by atoms with van der Waals surface area (Å²) in [5.74, 6) is 1.26. The maximum absolute atomic E-state index is 13.2. The van der Waals surface area contributed by atoms with Crippen molar-refractivity contribution in [1.29, 1.82) is 0 Å². The lowest BCUT2D eigenvalue weighted by Crippen LogP contribution is -2.37. The Labute approximate surface area is 181 Å². The van der Waals surface area contributed by atoms with Crippen molar-refractivity contribution < 1.29 is 13.9 Å². The molecule has 1 aromatic carbocycles. The number of aryl methyl sites for hydroxylation is 1. The molecule has 1 atom stereocenters. The second kappa shape index (κ2) is 8.23. The van der Waals surface area contributed by atoms with E-state index in [1.807, 2.05) is 42.2 Å². The van der Waals surface area contributed by atoms with Crippen LogP contribution in [0.5, 0.6) is 0 Å². The zero-order valence-corrected chi connectivity index (χ0v) is 17.7. The molecule has 1 spiro atoms. The van der Waals surface area contributed by atoms with Crippen molar-refractivity contribution in [3.8, 4) is 11.5 Å². The maximum atomic E-state index is 13.2. The van der Waals surface area contributed by atoms with Gasteiger partial charge in [0, 0.05) is 49.7 Å². The van der Waals surface area contributed by atoms with Crippen LogP contribution in [0.1, 0.15) is 35.8 Å². The van der Waals surface area contributed by atoms with Crippen LogP contribution in [-0.4, -0.2) is 52.3 Å². The van der Waals surface area contributed by atoms with E-state index in [1.54, 1.807) is 12.4 Å². The lowest BCUT2D eigenvalue weighted by molar-refractivity contribution is -0.130. The summed E-state index contributed by atoms with van der Waals surface area (Å²) in [7, 11) is 0. The Bertz CT molecular complexity index is 1060. The summed E-state index contributed by atoms with van der Waals surface area (Å²) in [6.07, 6.45) is 5.60. The molecule has 4 heterocycles. The number of ether oxygens (including phenoxy) is 1. The van der Waals surface area contributed by atoms with Crippen molar-refractivity contribution in [3.05, 3.63) is 65.8 Å². The SMILES string of the molecule is Cc1cccc(CC(=O)N2CC(c3nnc(-c4ccncc4)o3)C3(CCOCC3)C2)c1. The Balaban J connectivity index is 1.39. The summed E-state index contributed by atoms with van der Waals surface area (Å²) >= 11 is 0. The highest BCUT2D eigenvalue weighted by atomic mass is 16.5. The van der Waals surface area contributed by atoms with Crippen LogP contribution in [-0.2, 0) is 16.0 Å². The third-order valence-electron chi connectivity index (χ3n) is 6.59. The standard InChI is InChI=1S/C24H26N4O3/c1-17-3-2-4-18(13-17)14-21(29)28-15-20(24(16-28)7-11-30-12-8-24)23-27-26-22(31-23)19-5-9-25-10-6-19/h2-6,9-10,13,20H,7-8,11-12,14-16H2,1H3. The maximum Gasteiger partial charge on any atom is 0.247 e. The molecule has 1 unspecified atom stereocenters. The van der Waals surface area contributed by atoms with Crippen LogP contribution in [0.4, 0.5) is 0 Å². The number of hydrogen-bond acceptors (Lipinski definition) is 6. The summed E-state index contributed by atoms with van der Waals surface area (Å²) in [4.78, 5) is 19.2. The summed E-state index contributed by atoms with van der Waals surface area (Å²) in [5, 5.41) is 8.67. The average Bonchev–Trinajstić information content (AvgIpc) is 3.40. The second-order valence-electron chi connectivity index (χ2n) is 8.65. The number of likely N-dealkylation sites (tertiary alicyclic amines) is 1. The first-order valence-electron chi connectivity index (χ1n) is 10.8. The molecule has 0 bridgehead atoms. The molecule has 160 valence electrons. The molecule has 0 aliphatic carbocycles. The second-order valence-corrected chi connectivity index (χ2v) is 8.65. The van der Waals surface area contributed by atoms with Crippen molar-refractivity contribution in [1.82, 2.24) is 20.1 Å². The van der Waals surface area contributed by atoms with Crippen molar-refractivity contribution >= 4 is 5.91 Å². The summed E-state index contributed by atoms with van der Waals surface area (Å²) in [5.41, 5.74) is 2.98. The number of carbonyl (C=O) groups excluding carboxylic acids is 1. The Morgan fingerprint density at radius 3 is 2.74 bits per heavy atom. The van der Waals surface area contributed by atoms with E-state index in [-0.39, 0.29) is 17.2 Å². The Morgan fingerprint density at radius 2 is 1.97 bits per heavy atom. The minimum Gasteiger partial charge on any atom is -0.420 e. The molecule has 2 aliphatic rings. The third kappa shape index (κ3) is 3.97. The molecule has 2 aromatic heterocycles. The van der Waals surface area contributed by atoms with Gasteiger partial charge in [0.2, 0.25) is 17.7 Å². The number of carbonyl (C=O) groups is 1. The molecule has 31 heavy (non-hydrogen) atoms. The average molecular weight is 418 g/mol. The summed E-state index contributed by atoms with van der Waals surface area (Å²) in [6.45, 7) is 4.75. The van der Waals surface area contributed by atoms with Gasteiger partial charge in [0.05, 0.1) is 12.3 Å². The van der Waals surface area contributed by atoms with E-state index in [0.717, 1.165) is 24.0 Å². The fourth-order valence-electron chi connectivity index (χ4n) is 4.88. The Kier molecular flexibility index (Phi) is 5.28. The number of amides is 1. The molecular formula is C24H26N4O3. The van der Waals surface area contributed by atoms with Crippen molar-refractivity contribution in [3.63, 3.8) is 0 Å². The molecule has 5 rings (SSSR count). The van der Waals surface area contributed by atoms with Gasteiger partial charge >= 0.3 is 0 Å². The van der Waals surface area contributed by atoms with Gasteiger partial charge in [0.1, 0.15) is 0 Å². The van der Waals surface area contributed by atoms with Crippen molar-refractivity contribution in [2.75, 3.05) is 26.3 Å². The Morgan fingerprint density at radius 1 is 1.16 bits per heavy atom. The first-order valence-corrected chi connectivity index (χ1v) is 10.8. The minimum absolute atomic E-state index is 0.0148. The predicted octanol–water partition coefficient (Wildman–Crippen LogP) is 3.41. The number of hydrogen-bond donors (Lipinski definition) is 0. The molecule has 7 heteroatoms. The van der Waals surface area contributed by atoms with Gasteiger partial charge in [-0.25, -0.2) is 0 Å². The highest BCUT2D eigenvalue weighted by Gasteiger charge is 2.51. The van der Waals surface area contributed by atoms with Gasteiger partial charge in [0.15, 0.2) is 0 Å². The monoisotopic (exact) mass is 418 g/mol. The molecule has 7 nitrogen and oxygen atoms in total. The normalized spacial score (nSPS) is 20.3. The quantitative estimate of drug-likeness (QED) is 0.646. The molecule has 3 aromatic rings. The molecule has 2 fully saturated rings. The molecule has 0 radical (unpaired) electrons. The fraction of sp³-hybridized carbons (Fsp3) is 0.417. The van der Waals surface area contributed by atoms with Gasteiger partial charge in [-0.15, -0.1) is 10.2 Å². The highest BCUT2D eigenvalue weighted by Crippen LogP contribution is 2.49. The molecule has 2 aliphatic heterocycles. The van der Waals surface area contributed by atoms with E-state index in [1.165, 1.54) is 5.56 Å². The zero-order valence-electron chi connectivity index (χ0n) is 17.7. The molecule has 0 N–H and O–H groups in total. The fourth-order valence-corrected chi connectivity index (χ4v) is 4.88. The van der Waals surface area contributed by atoms with E-state index < -0.39 is 0 Å². The molecule has 0 saturated carbocycles. The lowest BCUT2D eigenvalue weighted by Gasteiger charge is -2.36. The van der Waals surface area contributed by atoms with Crippen LogP contribution in [0.15, 0.2) is 53.2 Å². The topological polar surface area (TPSA) is 81.4 Å². The van der Waals surface area contributed by atoms with Crippen LogP contribution in [0.25, 0.3) is 11.5 Å². The smallest absolute Gasteiger partial charge is 0.247 e. The van der Waals surface area contributed by atoms with Crippen LogP contribution in [0, 0.1) is 12.3 Å². The number of aromatic nitrogens is 3. The predicted molar refractivity (Wildman–Crippen MR) is 114 cm³/mol. The number of pyridine rings is 1. The first-order chi connectivity index (χ1) is 15.1. The van der Waals surface area contributed by atoms with Crippen LogP contribution >= 0.6 is 0 Å². The number of benzene rings is 1. The van der Waals surface area contributed by atoms with Crippen LogP contribution < -0.4 is 0 Å². The number of nitrogens with zero attached hydrogens (tertiary/aromatic N) is 4. The van der Waals surface area contributed by atoms with Gasteiger partial charge in [0.25, 0.3) is 0 Å². The van der Waals surface area contributed by atoms with Crippen molar-refractivity contribution in [2.45, 2.75) is 32.1 Å². The third-order valence-corrected chi connectivity index (χ3v) is 6.59. The van der Waals surface area contributed by atoms with Crippen molar-refractivity contribution in [2.24, 2.45) is 5.41 Å². The number of rotatable bonds is 4. The van der Waals surface area contributed by atoms with E-state index in [9.17, 15) is 4.79 Å². The molecule has 1 amide bonds. The van der Waals surface area contributed by atoms with Gasteiger partial charge in [-0.1, -0.05) is 29.8 Å². The van der Waals surface area contributed by atoms with Crippen LogP contribution in [0.3, 0.4) is 0 Å². The van der Waals surface area contributed by atoms with Gasteiger partial charge < -0.3 is 14.1 Å². The highest BCUT2D eigenvalue weighted by molar-refractivity contribution is 5.79.